The van der Waals surface area contributed by atoms with Gasteiger partial charge in [-0.2, -0.15) is 0 Å². The first-order chi connectivity index (χ1) is 34.7. The second-order valence-corrected chi connectivity index (χ2v) is 17.5. The zero-order valence-electron chi connectivity index (χ0n) is 48.3. The van der Waals surface area contributed by atoms with Crippen LogP contribution in [0.5, 0.6) is 0 Å². The molecule has 0 radical (unpaired) electrons. The van der Waals surface area contributed by atoms with Crippen LogP contribution in [0.3, 0.4) is 0 Å². The van der Waals surface area contributed by atoms with Gasteiger partial charge in [0.15, 0.2) is 17.2 Å². The monoisotopic (exact) mass is 910 g/mol. The van der Waals surface area contributed by atoms with Crippen molar-refractivity contribution >= 4 is 89.2 Å². The van der Waals surface area contributed by atoms with E-state index in [0.717, 1.165) is 35.8 Å². The lowest BCUT2D eigenvalue weighted by Crippen LogP contribution is -2.20. The van der Waals surface area contributed by atoms with Crippen molar-refractivity contribution in [3.05, 3.63) is 113 Å². The minimum absolute atomic E-state index is 0.109. The molecular formula is C40H42N6O10S4. The van der Waals surface area contributed by atoms with Crippen molar-refractivity contribution in [2.45, 2.75) is 78.8 Å². The Labute approximate surface area is 377 Å². The molecule has 0 atom stereocenters. The molecular weight excluding hydrogens is 853 g/mol. The fourth-order valence-electron chi connectivity index (χ4n) is 5.01. The zero-order chi connectivity index (χ0) is 58.0. The summed E-state index contributed by atoms with van der Waals surface area (Å²) in [6, 6.07) is 1.20. The van der Waals surface area contributed by atoms with Crippen LogP contribution in [0.25, 0.3) is 0 Å². The van der Waals surface area contributed by atoms with Crippen LogP contribution >= 0.6 is 22.7 Å². The Bertz CT molecular complexity index is 3570. The van der Waals surface area contributed by atoms with Crippen LogP contribution in [0.15, 0.2) is 65.9 Å². The van der Waals surface area contributed by atoms with Crippen molar-refractivity contribution in [3.63, 3.8) is 0 Å². The molecule has 60 heavy (non-hydrogen) atoms. The predicted molar refractivity (Wildman–Crippen MR) is 230 cm³/mol. The number of sulfonamides is 2. The van der Waals surface area contributed by atoms with E-state index in [1.807, 2.05) is 0 Å². The minimum atomic E-state index is -5.10. The third-order valence-corrected chi connectivity index (χ3v) is 12.7. The first-order valence-electron chi connectivity index (χ1n) is 24.6. The van der Waals surface area contributed by atoms with E-state index in [4.69, 9.17) is 31.1 Å². The van der Waals surface area contributed by atoms with Gasteiger partial charge in [-0.3, -0.25) is 19.2 Å². The average molecular weight is 911 g/mol. The van der Waals surface area contributed by atoms with E-state index in [-0.39, 0.29) is 65.7 Å². The van der Waals surface area contributed by atoms with E-state index in [1.54, 1.807) is 6.92 Å². The number of rotatable bonds is 12. The molecule has 6 rings (SSSR count). The van der Waals surface area contributed by atoms with Gasteiger partial charge < -0.3 is 19.7 Å². The number of aromatic nitrogens is 2. The molecule has 2 amide bonds. The zero-order valence-corrected chi connectivity index (χ0v) is 35.6. The van der Waals surface area contributed by atoms with Crippen LogP contribution in [-0.2, 0) is 20.0 Å². The van der Waals surface area contributed by atoms with Crippen molar-refractivity contribution in [2.75, 3.05) is 20.0 Å². The SMILES string of the molecule is [2H]c1c(C([2H])([2H])[2H])cc(C(C)=O)c(N([2H])C(=O)c2sccc2S(=O)(=O)N([2H])c2onc(C)c2C([2H])([2H])[2H])c1C([2H])([2H])[2H].[2H]c1c(C)c([2H])c(C(C)=O)c(N([2H])C(=O)c2sccc2S(=O)(=O)N([2H])c2onc(C)c2C)c1C. The molecule has 0 aliphatic carbocycles. The second kappa shape index (κ2) is 17.7. The molecule has 4 N–H and O–H groups in total. The first kappa shape index (κ1) is 27.7. The molecule has 0 saturated heterocycles. The van der Waals surface area contributed by atoms with Crippen LogP contribution in [0.4, 0.5) is 23.1 Å². The summed E-state index contributed by atoms with van der Waals surface area (Å²) in [5, 5.41) is 9.65. The lowest BCUT2D eigenvalue weighted by atomic mass is 10.0. The number of benzene rings is 2. The number of nitrogens with zero attached hydrogens (tertiary/aromatic N) is 2. The summed E-state index contributed by atoms with van der Waals surface area (Å²) >= 11 is 1.19. The predicted octanol–water partition coefficient (Wildman–Crippen LogP) is 8.45. The van der Waals surface area contributed by atoms with Gasteiger partial charge in [-0.05, 0) is 126 Å². The van der Waals surface area contributed by atoms with Crippen LogP contribution in [-0.4, -0.2) is 50.5 Å². The fourth-order valence-corrected chi connectivity index (χ4v) is 9.49. The maximum Gasteiger partial charge on any atom is 0.267 e. The minimum Gasteiger partial charge on any atom is -0.337 e. The molecule has 0 saturated carbocycles. The summed E-state index contributed by atoms with van der Waals surface area (Å²) in [6.07, 6.45) is 0. The number of ketones is 2. The highest BCUT2D eigenvalue weighted by Gasteiger charge is 2.29. The maximum absolute atomic E-state index is 13.5. The summed E-state index contributed by atoms with van der Waals surface area (Å²) in [6.45, 7) is 0.0465. The van der Waals surface area contributed by atoms with Gasteiger partial charge in [-0.15, -0.1) is 22.7 Å². The quantitative estimate of drug-likeness (QED) is 0.0847. The van der Waals surface area contributed by atoms with E-state index in [2.05, 4.69) is 10.3 Å². The normalized spacial score (nSPS) is 15.8. The third kappa shape index (κ3) is 9.73. The number of aryl methyl sites for hydroxylation is 3. The summed E-state index contributed by atoms with van der Waals surface area (Å²) in [7, 11) is -9.71. The molecule has 0 aliphatic heterocycles. The van der Waals surface area contributed by atoms with E-state index >= 15 is 0 Å². The molecule has 2 aromatic carbocycles. The van der Waals surface area contributed by atoms with E-state index in [0.29, 0.717) is 34.0 Å². The van der Waals surface area contributed by atoms with Gasteiger partial charge in [-0.25, -0.2) is 26.3 Å². The summed E-state index contributed by atoms with van der Waals surface area (Å²) in [5.41, 5.74) is -3.91. The standard InChI is InChI=1S/2C20H21N3O5S2/c2*1-10-8-11(2)17(15(9-10)14(5)24)21-19(25)18-16(6-7-29-18)30(26,27)23-20-12(3)13(4)22-28-20/h2*6-9,23H,1-5H3,(H,21,25)/i1D3,2D3,3D3,8D;8D,9D/hD4. The molecule has 316 valence electrons. The molecule has 6 aromatic rings. The molecule has 0 bridgehead atoms. The van der Waals surface area contributed by atoms with Gasteiger partial charge in [0.2, 0.25) is 11.8 Å². The lowest BCUT2D eigenvalue weighted by Gasteiger charge is -2.14. The molecule has 0 aliphatic rings. The van der Waals surface area contributed by atoms with Gasteiger partial charge in [0.1, 0.15) is 19.5 Å². The number of hydrogen-bond acceptors (Lipinski definition) is 14. The second-order valence-electron chi connectivity index (χ2n) is 12.5. The molecule has 20 heteroatoms. The van der Waals surface area contributed by atoms with Crippen molar-refractivity contribution < 1.29 is 67.2 Å². The van der Waals surface area contributed by atoms with Crippen LogP contribution in [0.2, 0.25) is 5.65 Å². The topological polar surface area (TPSA) is 237 Å². The van der Waals surface area contributed by atoms with Gasteiger partial charge in [0.25, 0.3) is 31.9 Å². The summed E-state index contributed by atoms with van der Waals surface area (Å²) < 4.78 is 190. The molecule has 16 nitrogen and oxygen atoms in total. The molecule has 0 unspecified atom stereocenters. The van der Waals surface area contributed by atoms with Crippen LogP contribution in [0, 0.1) is 55.2 Å². The Morgan fingerprint density at radius 1 is 0.667 bits per heavy atom. The molecule has 4 heterocycles. The van der Waals surface area contributed by atoms with E-state index in [9.17, 15) is 36.0 Å². The maximum atomic E-state index is 13.5. The number of Topliss-reactive ketones (excluding diaryl/α,β-unsaturated/α-hetero) is 2. The van der Waals surface area contributed by atoms with Crippen molar-refractivity contribution in [2.24, 2.45) is 0 Å². The Morgan fingerprint density at radius 2 is 1.15 bits per heavy atom. The van der Waals surface area contributed by atoms with Gasteiger partial charge in [-0.1, -0.05) is 22.4 Å². The number of hydrogen-bond donors (Lipinski definition) is 4. The number of nitrogens with one attached hydrogen (secondary N) is 4. The van der Waals surface area contributed by atoms with Crippen molar-refractivity contribution in [3.8, 4) is 0 Å². The van der Waals surface area contributed by atoms with Crippen LogP contribution < -0.4 is 20.0 Å². The Kier molecular flexibility index (Phi) is 8.19. The Balaban J connectivity index is 0.000000287. The van der Waals surface area contributed by atoms with Crippen LogP contribution in [0.1, 0.15) is 115 Å². The highest BCUT2D eigenvalue weighted by Crippen LogP contribution is 2.31. The van der Waals surface area contributed by atoms with Crippen molar-refractivity contribution in [1.82, 2.24) is 10.3 Å². The average Bonchev–Trinajstić information content (AvgIpc) is 4.14. The number of amides is 2. The number of carbonyl (C=O) groups excluding carboxylic acids is 4. The lowest BCUT2D eigenvalue weighted by molar-refractivity contribution is 0.100. The third-order valence-electron chi connectivity index (χ3n) is 8.06. The summed E-state index contributed by atoms with van der Waals surface area (Å²) in [4.78, 5) is 49.0. The fraction of sp³-hybridized carbons (Fsp3) is 0.250. The van der Waals surface area contributed by atoms with E-state index in [1.165, 1.54) is 40.0 Å². The first-order valence-corrected chi connectivity index (χ1v) is 21.4. The van der Waals surface area contributed by atoms with Gasteiger partial charge in [0, 0.05) is 34.6 Å². The van der Waals surface area contributed by atoms with Gasteiger partial charge >= 0.3 is 0 Å². The Hall–Kier alpha value is -5.96. The highest BCUT2D eigenvalue weighted by atomic mass is 32.2. The molecule has 0 spiro atoms. The largest absolute Gasteiger partial charge is 0.337 e. The number of thiophene rings is 2. The number of carbonyl (C=O) groups is 4. The Morgan fingerprint density at radius 3 is 1.60 bits per heavy atom. The highest BCUT2D eigenvalue weighted by molar-refractivity contribution is 7.93. The molecule has 0 fully saturated rings. The van der Waals surface area contributed by atoms with E-state index < -0.39 is 119 Å². The smallest absolute Gasteiger partial charge is 0.267 e. The van der Waals surface area contributed by atoms with Crippen molar-refractivity contribution in [1.29, 1.82) is 0 Å². The van der Waals surface area contributed by atoms with Gasteiger partial charge in [0.05, 0.1) is 26.9 Å². The summed E-state index contributed by atoms with van der Waals surface area (Å²) in [5.74, 6) is -5.47. The number of anilines is 4. The molecule has 4 aromatic heterocycles.